The van der Waals surface area contributed by atoms with Gasteiger partial charge in [-0.1, -0.05) is 11.6 Å². The number of hydrogen-bond donors (Lipinski definition) is 0. The monoisotopic (exact) mass is 352 g/mol. The van der Waals surface area contributed by atoms with Crippen LogP contribution in [-0.4, -0.2) is 33.7 Å². The fourth-order valence-electron chi connectivity index (χ4n) is 2.01. The van der Waals surface area contributed by atoms with E-state index in [1.807, 2.05) is 0 Å². The molecule has 1 aliphatic heterocycles. The van der Waals surface area contributed by atoms with Crippen LogP contribution in [0.25, 0.3) is 0 Å². The highest BCUT2D eigenvalue weighted by molar-refractivity contribution is 8.13. The largest absolute Gasteiger partial charge is 0.459 e. The maximum absolute atomic E-state index is 11.9. The molecule has 0 N–H and O–H groups in total. The topological polar surface area (TPSA) is 69.7 Å². The normalized spacial score (nSPS) is 19.2. The number of ether oxygens (including phenoxy) is 2. The van der Waals surface area contributed by atoms with E-state index in [1.54, 1.807) is 0 Å². The maximum Gasteiger partial charge on any atom is 0.338 e. The first kappa shape index (κ1) is 16.5. The third-order valence-corrected chi connectivity index (χ3v) is 4.61. The zero-order chi connectivity index (χ0) is 15.5. The lowest BCUT2D eigenvalue weighted by atomic mass is 10.1. The van der Waals surface area contributed by atoms with E-state index in [2.05, 4.69) is 0 Å². The molecule has 0 bridgehead atoms. The van der Waals surface area contributed by atoms with Crippen LogP contribution in [-0.2, 0) is 18.5 Å². The summed E-state index contributed by atoms with van der Waals surface area (Å²) in [6.07, 6.45) is 2.77. The average molecular weight is 353 g/mol. The highest BCUT2D eigenvalue weighted by Gasteiger charge is 2.19. The van der Waals surface area contributed by atoms with Crippen LogP contribution in [0.5, 0.6) is 0 Å². The molecule has 0 spiro atoms. The molecule has 2 rings (SSSR count). The molecule has 1 saturated heterocycles. The Morgan fingerprint density at radius 3 is 2.71 bits per heavy atom. The molecule has 1 atom stereocenters. The van der Waals surface area contributed by atoms with Gasteiger partial charge in [-0.3, -0.25) is 0 Å². The van der Waals surface area contributed by atoms with E-state index >= 15 is 0 Å². The van der Waals surface area contributed by atoms with Crippen molar-refractivity contribution in [3.05, 3.63) is 28.8 Å². The number of carbonyl (C=O) groups is 1. The first-order valence-corrected chi connectivity index (χ1v) is 9.09. The van der Waals surface area contributed by atoms with Gasteiger partial charge >= 0.3 is 5.97 Å². The number of rotatable bonds is 4. The van der Waals surface area contributed by atoms with E-state index in [9.17, 15) is 13.2 Å². The van der Waals surface area contributed by atoms with Gasteiger partial charge in [0.05, 0.1) is 16.6 Å². The lowest BCUT2D eigenvalue weighted by molar-refractivity contribution is -0.0300. The van der Waals surface area contributed by atoms with E-state index in [0.717, 1.165) is 25.3 Å². The van der Waals surface area contributed by atoms with Gasteiger partial charge in [-0.25, -0.2) is 13.2 Å². The van der Waals surface area contributed by atoms with Gasteiger partial charge in [-0.2, -0.15) is 0 Å². The molecule has 5 nitrogen and oxygen atoms in total. The Kier molecular flexibility index (Phi) is 5.48. The zero-order valence-electron chi connectivity index (χ0n) is 11.1. The Balaban J connectivity index is 2.06. The Bertz CT molecular complexity index is 623. The van der Waals surface area contributed by atoms with Crippen molar-refractivity contribution in [1.82, 2.24) is 0 Å². The summed E-state index contributed by atoms with van der Waals surface area (Å²) in [5.41, 5.74) is 0.0394. The first-order chi connectivity index (χ1) is 9.86. The summed E-state index contributed by atoms with van der Waals surface area (Å²) in [7, 11) is 1.29. The number of carbonyl (C=O) groups excluding carboxylic acids is 1. The standard InChI is InChI=1S/C13H14Cl2O5S/c14-10-5-9(6-12(7-10)21(15,17)18)13(16)20-8-11-3-1-2-4-19-11/h5-7,11H,1-4,8H2. The third kappa shape index (κ3) is 4.85. The highest BCUT2D eigenvalue weighted by atomic mass is 35.7. The Labute approximate surface area is 132 Å². The fourth-order valence-corrected chi connectivity index (χ4v) is 3.11. The third-order valence-electron chi connectivity index (χ3n) is 3.06. The van der Waals surface area contributed by atoms with E-state index in [-0.39, 0.29) is 28.2 Å². The van der Waals surface area contributed by atoms with Crippen molar-refractivity contribution in [2.24, 2.45) is 0 Å². The summed E-state index contributed by atoms with van der Waals surface area (Å²) < 4.78 is 33.2. The van der Waals surface area contributed by atoms with Gasteiger partial charge in [0.15, 0.2) is 0 Å². The van der Waals surface area contributed by atoms with Gasteiger partial charge in [0.2, 0.25) is 0 Å². The van der Waals surface area contributed by atoms with Crippen molar-refractivity contribution in [1.29, 1.82) is 0 Å². The second-order valence-corrected chi connectivity index (χ2v) is 7.70. The molecule has 0 aliphatic carbocycles. The minimum Gasteiger partial charge on any atom is -0.459 e. The van der Waals surface area contributed by atoms with Crippen LogP contribution >= 0.6 is 22.3 Å². The Hall–Kier alpha value is -0.820. The van der Waals surface area contributed by atoms with Crippen LogP contribution in [0.1, 0.15) is 29.6 Å². The second kappa shape index (κ2) is 6.96. The highest BCUT2D eigenvalue weighted by Crippen LogP contribution is 2.23. The Morgan fingerprint density at radius 1 is 1.33 bits per heavy atom. The quantitative estimate of drug-likeness (QED) is 0.615. The van der Waals surface area contributed by atoms with Crippen LogP contribution in [0.4, 0.5) is 0 Å². The van der Waals surface area contributed by atoms with Crippen molar-refractivity contribution in [2.75, 3.05) is 13.2 Å². The van der Waals surface area contributed by atoms with Crippen molar-refractivity contribution in [2.45, 2.75) is 30.3 Å². The van der Waals surface area contributed by atoms with E-state index < -0.39 is 15.0 Å². The van der Waals surface area contributed by atoms with Crippen LogP contribution in [0.15, 0.2) is 23.1 Å². The van der Waals surface area contributed by atoms with Crippen molar-refractivity contribution >= 4 is 37.3 Å². The molecule has 0 aromatic heterocycles. The minimum atomic E-state index is -3.96. The zero-order valence-corrected chi connectivity index (χ0v) is 13.4. The number of hydrogen-bond acceptors (Lipinski definition) is 5. The van der Waals surface area contributed by atoms with Gasteiger partial charge in [0, 0.05) is 22.3 Å². The summed E-state index contributed by atoms with van der Waals surface area (Å²) in [5.74, 6) is -0.659. The van der Waals surface area contributed by atoms with Crippen molar-refractivity contribution in [3.8, 4) is 0 Å². The lowest BCUT2D eigenvalue weighted by Crippen LogP contribution is -2.26. The molecule has 1 heterocycles. The van der Waals surface area contributed by atoms with Gasteiger partial charge in [0.1, 0.15) is 6.61 Å². The van der Waals surface area contributed by atoms with Crippen LogP contribution in [0.3, 0.4) is 0 Å². The lowest BCUT2D eigenvalue weighted by Gasteiger charge is -2.22. The van der Waals surface area contributed by atoms with Crippen LogP contribution in [0, 0.1) is 0 Å². The van der Waals surface area contributed by atoms with E-state index in [4.69, 9.17) is 31.8 Å². The van der Waals surface area contributed by atoms with Gasteiger partial charge in [0.25, 0.3) is 9.05 Å². The molecule has 1 aromatic carbocycles. The SMILES string of the molecule is O=C(OCC1CCCCO1)c1cc(Cl)cc(S(=O)(=O)Cl)c1. The van der Waals surface area contributed by atoms with E-state index in [1.165, 1.54) is 12.1 Å². The molecule has 0 amide bonds. The summed E-state index contributed by atoms with van der Waals surface area (Å²) in [4.78, 5) is 11.7. The maximum atomic E-state index is 11.9. The van der Waals surface area contributed by atoms with Gasteiger partial charge in [-0.05, 0) is 37.5 Å². The summed E-state index contributed by atoms with van der Waals surface area (Å²) in [6.45, 7) is 0.794. The molecular formula is C13H14Cl2O5S. The minimum absolute atomic E-state index is 0.0394. The molecule has 0 radical (unpaired) electrons. The van der Waals surface area contributed by atoms with Crippen molar-refractivity contribution in [3.63, 3.8) is 0 Å². The van der Waals surface area contributed by atoms with Crippen molar-refractivity contribution < 1.29 is 22.7 Å². The smallest absolute Gasteiger partial charge is 0.338 e. The molecule has 1 fully saturated rings. The molecule has 21 heavy (non-hydrogen) atoms. The number of esters is 1. The molecule has 8 heteroatoms. The summed E-state index contributed by atoms with van der Waals surface area (Å²) in [5, 5.41) is 0.0950. The summed E-state index contributed by atoms with van der Waals surface area (Å²) in [6, 6.07) is 3.64. The molecule has 1 unspecified atom stereocenters. The molecular weight excluding hydrogens is 339 g/mol. The fraction of sp³-hybridized carbons (Fsp3) is 0.462. The van der Waals surface area contributed by atoms with E-state index in [0.29, 0.717) is 6.61 Å². The number of benzene rings is 1. The molecule has 1 aromatic rings. The van der Waals surface area contributed by atoms with Gasteiger partial charge in [-0.15, -0.1) is 0 Å². The molecule has 116 valence electrons. The Morgan fingerprint density at radius 2 is 2.10 bits per heavy atom. The van der Waals surface area contributed by atoms with Crippen LogP contribution in [0.2, 0.25) is 5.02 Å². The number of halogens is 2. The van der Waals surface area contributed by atoms with Gasteiger partial charge < -0.3 is 9.47 Å². The molecule has 0 saturated carbocycles. The second-order valence-electron chi connectivity index (χ2n) is 4.70. The predicted octanol–water partition coefficient (Wildman–Crippen LogP) is 2.99. The molecule has 1 aliphatic rings. The average Bonchev–Trinajstić information content (AvgIpc) is 2.44. The predicted molar refractivity (Wildman–Crippen MR) is 78.4 cm³/mol. The summed E-state index contributed by atoms with van der Waals surface area (Å²) >= 11 is 5.79. The van der Waals surface area contributed by atoms with Crippen LogP contribution < -0.4 is 0 Å². The first-order valence-electron chi connectivity index (χ1n) is 6.40.